The van der Waals surface area contributed by atoms with Gasteiger partial charge in [-0.25, -0.2) is 12.4 Å². The Labute approximate surface area is 180 Å². The third-order valence-corrected chi connectivity index (χ3v) is 6.98. The highest BCUT2D eigenvalue weighted by atomic mass is 32.2. The third kappa shape index (κ3) is 3.82. The number of morpholine rings is 1. The highest BCUT2D eigenvalue weighted by Gasteiger charge is 2.30. The van der Waals surface area contributed by atoms with Crippen LogP contribution in [0.5, 0.6) is 5.75 Å². The van der Waals surface area contributed by atoms with E-state index in [1.54, 1.807) is 30.3 Å². The Kier molecular flexibility index (Phi) is 5.55. The quantitative estimate of drug-likeness (QED) is 0.444. The van der Waals surface area contributed by atoms with Gasteiger partial charge >= 0.3 is 0 Å². The molecule has 0 bridgehead atoms. The van der Waals surface area contributed by atoms with Gasteiger partial charge in [-0.3, -0.25) is 9.59 Å². The SMILES string of the molecule is COc1ccc2c(c1)c(C(=O)C(=O)N1CCOCC1)cn2S(=O)(=O)c1ccc(C)cc1. The van der Waals surface area contributed by atoms with Crippen LogP contribution in [0.15, 0.2) is 53.6 Å². The van der Waals surface area contributed by atoms with Gasteiger partial charge in [0.1, 0.15) is 5.75 Å². The number of aryl methyl sites for hydroxylation is 1. The second-order valence-electron chi connectivity index (χ2n) is 7.27. The van der Waals surface area contributed by atoms with E-state index >= 15 is 0 Å². The molecule has 0 N–H and O–H groups in total. The molecule has 0 spiro atoms. The highest BCUT2D eigenvalue weighted by Crippen LogP contribution is 2.30. The number of rotatable bonds is 5. The summed E-state index contributed by atoms with van der Waals surface area (Å²) in [5.74, 6) is -0.998. The Bertz CT molecular complexity index is 1260. The van der Waals surface area contributed by atoms with Crippen LogP contribution in [0.1, 0.15) is 15.9 Å². The molecule has 31 heavy (non-hydrogen) atoms. The van der Waals surface area contributed by atoms with Gasteiger partial charge in [0.25, 0.3) is 21.7 Å². The van der Waals surface area contributed by atoms with Crippen LogP contribution < -0.4 is 4.74 Å². The molecule has 0 atom stereocenters. The molecule has 0 radical (unpaired) electrons. The second kappa shape index (κ2) is 8.16. The first-order valence-corrected chi connectivity index (χ1v) is 11.2. The van der Waals surface area contributed by atoms with Gasteiger partial charge in [0.15, 0.2) is 0 Å². The Hall–Kier alpha value is -3.17. The molecule has 1 aromatic heterocycles. The first-order chi connectivity index (χ1) is 14.8. The van der Waals surface area contributed by atoms with E-state index < -0.39 is 21.7 Å². The fourth-order valence-electron chi connectivity index (χ4n) is 3.54. The lowest BCUT2D eigenvalue weighted by molar-refractivity contribution is -0.130. The van der Waals surface area contributed by atoms with Crippen LogP contribution >= 0.6 is 0 Å². The van der Waals surface area contributed by atoms with E-state index in [1.165, 1.54) is 30.3 Å². The smallest absolute Gasteiger partial charge is 0.295 e. The summed E-state index contributed by atoms with van der Waals surface area (Å²) in [5, 5.41) is 0.335. The van der Waals surface area contributed by atoms with Crippen molar-refractivity contribution in [2.24, 2.45) is 0 Å². The molecule has 8 nitrogen and oxygen atoms in total. The Balaban J connectivity index is 1.85. The average molecular weight is 442 g/mol. The summed E-state index contributed by atoms with van der Waals surface area (Å²) in [7, 11) is -2.51. The van der Waals surface area contributed by atoms with Crippen molar-refractivity contribution in [1.82, 2.24) is 8.87 Å². The normalized spacial score (nSPS) is 14.6. The van der Waals surface area contributed by atoms with Crippen LogP contribution in [-0.2, 0) is 19.6 Å². The van der Waals surface area contributed by atoms with Crippen molar-refractivity contribution in [3.63, 3.8) is 0 Å². The number of ketones is 1. The number of aromatic nitrogens is 1. The first-order valence-electron chi connectivity index (χ1n) is 9.75. The number of ether oxygens (including phenoxy) is 2. The zero-order valence-electron chi connectivity index (χ0n) is 17.2. The lowest BCUT2D eigenvalue weighted by atomic mass is 10.1. The number of nitrogens with zero attached hydrogens (tertiary/aromatic N) is 2. The first kappa shape index (κ1) is 21.1. The maximum Gasteiger partial charge on any atom is 0.295 e. The van der Waals surface area contributed by atoms with Gasteiger partial charge in [-0.2, -0.15) is 0 Å². The molecule has 9 heteroatoms. The molecular formula is C22H22N2O6S. The molecule has 1 amide bonds. The van der Waals surface area contributed by atoms with Gasteiger partial charge in [-0.15, -0.1) is 0 Å². The summed E-state index contributed by atoms with van der Waals surface area (Å²) in [6.07, 6.45) is 1.22. The van der Waals surface area contributed by atoms with Gasteiger partial charge < -0.3 is 14.4 Å². The van der Waals surface area contributed by atoms with E-state index in [0.29, 0.717) is 43.0 Å². The maximum atomic E-state index is 13.3. The molecule has 2 aromatic carbocycles. The van der Waals surface area contributed by atoms with Crippen LogP contribution in [0.2, 0.25) is 0 Å². The summed E-state index contributed by atoms with van der Waals surface area (Å²) >= 11 is 0. The van der Waals surface area contributed by atoms with Crippen molar-refractivity contribution in [1.29, 1.82) is 0 Å². The summed E-state index contributed by atoms with van der Waals surface area (Å²) in [4.78, 5) is 27.4. The van der Waals surface area contributed by atoms with Crippen LogP contribution in [-0.4, -0.2) is 62.4 Å². The van der Waals surface area contributed by atoms with Crippen LogP contribution in [0.3, 0.4) is 0 Å². The second-order valence-corrected chi connectivity index (χ2v) is 9.09. The molecular weight excluding hydrogens is 420 g/mol. The zero-order valence-corrected chi connectivity index (χ0v) is 18.0. The number of Topliss-reactive ketones (excluding diaryl/α,β-unsaturated/α-hetero) is 1. The summed E-state index contributed by atoms with van der Waals surface area (Å²) in [5.41, 5.74) is 1.23. The fourth-order valence-corrected chi connectivity index (χ4v) is 4.90. The highest BCUT2D eigenvalue weighted by molar-refractivity contribution is 7.90. The molecule has 4 rings (SSSR count). The molecule has 1 fully saturated rings. The van der Waals surface area contributed by atoms with Crippen molar-refractivity contribution in [2.45, 2.75) is 11.8 Å². The lowest BCUT2D eigenvalue weighted by Gasteiger charge is -2.25. The molecule has 162 valence electrons. The number of amides is 1. The number of fused-ring (bicyclic) bond motifs is 1. The largest absolute Gasteiger partial charge is 0.497 e. The van der Waals surface area contributed by atoms with Gasteiger partial charge in [-0.1, -0.05) is 17.7 Å². The predicted molar refractivity (Wildman–Crippen MR) is 114 cm³/mol. The van der Waals surface area contributed by atoms with E-state index in [0.717, 1.165) is 9.54 Å². The van der Waals surface area contributed by atoms with Crippen molar-refractivity contribution >= 4 is 32.6 Å². The van der Waals surface area contributed by atoms with Crippen molar-refractivity contribution in [2.75, 3.05) is 33.4 Å². The predicted octanol–water partition coefficient (Wildman–Crippen LogP) is 2.24. The molecule has 0 saturated carbocycles. The summed E-state index contributed by atoms with van der Waals surface area (Å²) in [6, 6.07) is 11.2. The summed E-state index contributed by atoms with van der Waals surface area (Å²) in [6.45, 7) is 3.21. The molecule has 0 unspecified atom stereocenters. The Morgan fingerprint density at radius 1 is 1.03 bits per heavy atom. The minimum absolute atomic E-state index is 0.0149. The lowest BCUT2D eigenvalue weighted by Crippen LogP contribution is -2.44. The number of carbonyl (C=O) groups is 2. The van der Waals surface area contributed by atoms with Crippen molar-refractivity contribution in [3.8, 4) is 5.75 Å². The van der Waals surface area contributed by atoms with Crippen molar-refractivity contribution < 1.29 is 27.5 Å². The molecule has 2 heterocycles. The third-order valence-electron chi connectivity index (χ3n) is 5.29. The van der Waals surface area contributed by atoms with Gasteiger partial charge in [0.05, 0.1) is 36.3 Å². The standard InChI is InChI=1S/C22H22N2O6S/c1-15-3-6-17(7-4-15)31(27,28)24-14-19(18-13-16(29-2)5-8-20(18)24)21(25)22(26)23-9-11-30-12-10-23/h3-8,13-14H,9-12H2,1-2H3. The molecule has 1 aliphatic heterocycles. The van der Waals surface area contributed by atoms with Gasteiger partial charge in [0, 0.05) is 24.7 Å². The number of hydrogen-bond donors (Lipinski definition) is 0. The summed E-state index contributed by atoms with van der Waals surface area (Å²) < 4.78 is 38.2. The monoisotopic (exact) mass is 442 g/mol. The average Bonchev–Trinajstić information content (AvgIpc) is 3.18. The number of carbonyl (C=O) groups excluding carboxylic acids is 2. The zero-order chi connectivity index (χ0) is 22.2. The molecule has 1 aliphatic rings. The Morgan fingerprint density at radius 3 is 2.35 bits per heavy atom. The van der Waals surface area contributed by atoms with E-state index in [1.807, 2.05) is 6.92 Å². The van der Waals surface area contributed by atoms with Gasteiger partial charge in [-0.05, 0) is 37.3 Å². The van der Waals surface area contributed by atoms with E-state index in [4.69, 9.17) is 9.47 Å². The number of methoxy groups -OCH3 is 1. The minimum atomic E-state index is -3.99. The van der Waals surface area contributed by atoms with Crippen molar-refractivity contribution in [3.05, 3.63) is 59.8 Å². The van der Waals surface area contributed by atoms with E-state index in [-0.39, 0.29) is 10.5 Å². The Morgan fingerprint density at radius 2 is 1.71 bits per heavy atom. The molecule has 3 aromatic rings. The van der Waals surface area contributed by atoms with Crippen LogP contribution in [0, 0.1) is 6.92 Å². The maximum absolute atomic E-state index is 13.3. The van der Waals surface area contributed by atoms with E-state index in [9.17, 15) is 18.0 Å². The van der Waals surface area contributed by atoms with Crippen LogP contribution in [0.25, 0.3) is 10.9 Å². The number of benzene rings is 2. The fraction of sp³-hybridized carbons (Fsp3) is 0.273. The molecule has 1 saturated heterocycles. The van der Waals surface area contributed by atoms with Crippen LogP contribution in [0.4, 0.5) is 0 Å². The molecule has 0 aliphatic carbocycles. The number of hydrogen-bond acceptors (Lipinski definition) is 6. The van der Waals surface area contributed by atoms with Gasteiger partial charge in [0.2, 0.25) is 0 Å². The van der Waals surface area contributed by atoms with E-state index in [2.05, 4.69) is 0 Å². The minimum Gasteiger partial charge on any atom is -0.497 e. The topological polar surface area (TPSA) is 94.9 Å².